The molecule has 0 aromatic heterocycles. The smallest absolute Gasteiger partial charge is 0.305 e. The molecule has 0 radical (unpaired) electrons. The molecule has 27 heavy (non-hydrogen) atoms. The molecule has 0 aliphatic carbocycles. The molecule has 1 saturated heterocycles. The first kappa shape index (κ1) is 22.4. The van der Waals surface area contributed by atoms with E-state index < -0.39 is 67.2 Å². The summed E-state index contributed by atoms with van der Waals surface area (Å²) in [5, 5.41) is 0. The second kappa shape index (κ2) is 9.31. The van der Waals surface area contributed by atoms with Gasteiger partial charge in [0.05, 0.1) is 0 Å². The van der Waals surface area contributed by atoms with Crippen molar-refractivity contribution in [1.82, 2.24) is 0 Å². The summed E-state index contributed by atoms with van der Waals surface area (Å²) in [4.78, 5) is 57.1. The van der Waals surface area contributed by atoms with E-state index in [1.54, 1.807) is 0 Å². The second-order valence-corrected chi connectivity index (χ2v) is 5.76. The molecule has 0 aromatic carbocycles. The Bertz CT molecular complexity index is 613. The van der Waals surface area contributed by atoms with Gasteiger partial charge < -0.3 is 28.4 Å². The summed E-state index contributed by atoms with van der Waals surface area (Å²) >= 11 is 0. The van der Waals surface area contributed by atoms with Crippen LogP contribution in [-0.4, -0.2) is 67.2 Å². The molecule has 1 fully saturated rings. The normalized spacial score (nSPS) is 26.6. The Balaban J connectivity index is 3.38. The number of hydrogen-bond acceptors (Lipinski definition) is 11. The molecular formula is C16H22O11. The Kier molecular flexibility index (Phi) is 7.70. The summed E-state index contributed by atoms with van der Waals surface area (Å²) < 4.78 is 30.9. The molecule has 0 bridgehead atoms. The molecule has 1 aliphatic rings. The minimum atomic E-state index is -1.90. The van der Waals surface area contributed by atoms with Crippen molar-refractivity contribution in [3.05, 3.63) is 0 Å². The summed E-state index contributed by atoms with van der Waals surface area (Å²) in [6, 6.07) is 0. The minimum Gasteiger partial charge on any atom is -0.463 e. The number of carbonyl (C=O) groups excluding carboxylic acids is 5. The molecule has 1 unspecified atom stereocenters. The molecule has 0 spiro atoms. The molecule has 1 rings (SSSR count). The maximum atomic E-state index is 11.7. The van der Waals surface area contributed by atoms with Crippen LogP contribution >= 0.6 is 0 Å². The Morgan fingerprint density at radius 2 is 1.33 bits per heavy atom. The van der Waals surface area contributed by atoms with Crippen LogP contribution in [0, 0.1) is 0 Å². The van der Waals surface area contributed by atoms with Crippen molar-refractivity contribution in [1.29, 1.82) is 0 Å². The maximum Gasteiger partial charge on any atom is 0.305 e. The number of carbonyl (C=O) groups is 5. The van der Waals surface area contributed by atoms with Gasteiger partial charge in [0.15, 0.2) is 0 Å². The molecule has 152 valence electrons. The van der Waals surface area contributed by atoms with Gasteiger partial charge in [-0.25, -0.2) is 0 Å². The van der Waals surface area contributed by atoms with E-state index >= 15 is 0 Å². The summed E-state index contributed by atoms with van der Waals surface area (Å²) in [6.45, 7) is 4.46. The topological polar surface area (TPSA) is 141 Å². The van der Waals surface area contributed by atoms with Crippen molar-refractivity contribution < 1.29 is 52.4 Å². The maximum absolute atomic E-state index is 11.7. The van der Waals surface area contributed by atoms with Gasteiger partial charge in [-0.1, -0.05) is 0 Å². The van der Waals surface area contributed by atoms with E-state index in [9.17, 15) is 24.0 Å². The molecule has 11 heteroatoms. The SMILES string of the molecule is CC(=O)OC[C@H]1OC(OC(C)=O)[C@H](OC(C)=O)[C@@]1(COC(C)=O)OC(C)=O. The fourth-order valence-corrected chi connectivity index (χ4v) is 2.53. The highest BCUT2D eigenvalue weighted by Crippen LogP contribution is 2.38. The van der Waals surface area contributed by atoms with Crippen molar-refractivity contribution in [3.8, 4) is 0 Å². The van der Waals surface area contributed by atoms with Crippen molar-refractivity contribution in [2.24, 2.45) is 0 Å². The molecular weight excluding hydrogens is 368 g/mol. The Labute approximate surface area is 155 Å². The van der Waals surface area contributed by atoms with E-state index in [-0.39, 0.29) is 0 Å². The average Bonchev–Trinajstić information content (AvgIpc) is 2.75. The zero-order valence-electron chi connectivity index (χ0n) is 15.6. The van der Waals surface area contributed by atoms with Crippen LogP contribution in [0.3, 0.4) is 0 Å². The number of esters is 5. The summed E-state index contributed by atoms with van der Waals surface area (Å²) in [6.07, 6.45) is -4.21. The Morgan fingerprint density at radius 1 is 0.778 bits per heavy atom. The first-order valence-electron chi connectivity index (χ1n) is 7.94. The lowest BCUT2D eigenvalue weighted by Gasteiger charge is -2.35. The molecule has 11 nitrogen and oxygen atoms in total. The first-order chi connectivity index (χ1) is 12.5. The van der Waals surface area contributed by atoms with Crippen LogP contribution in [0.25, 0.3) is 0 Å². The fraction of sp³-hybridized carbons (Fsp3) is 0.688. The lowest BCUT2D eigenvalue weighted by molar-refractivity contribution is -0.205. The van der Waals surface area contributed by atoms with Crippen molar-refractivity contribution in [2.45, 2.75) is 58.7 Å². The average molecular weight is 390 g/mol. The van der Waals surface area contributed by atoms with E-state index in [1.807, 2.05) is 0 Å². The molecule has 4 atom stereocenters. The van der Waals surface area contributed by atoms with E-state index in [1.165, 1.54) is 0 Å². The fourth-order valence-electron chi connectivity index (χ4n) is 2.53. The highest BCUT2D eigenvalue weighted by molar-refractivity contribution is 5.69. The highest BCUT2D eigenvalue weighted by Gasteiger charge is 2.64. The van der Waals surface area contributed by atoms with Gasteiger partial charge in [-0.05, 0) is 0 Å². The number of hydrogen-bond donors (Lipinski definition) is 0. The second-order valence-electron chi connectivity index (χ2n) is 5.76. The first-order valence-corrected chi connectivity index (χ1v) is 7.94. The summed E-state index contributed by atoms with van der Waals surface area (Å²) in [5.41, 5.74) is -1.90. The third-order valence-electron chi connectivity index (χ3n) is 3.42. The monoisotopic (exact) mass is 390 g/mol. The molecule has 1 heterocycles. The number of rotatable bonds is 7. The van der Waals surface area contributed by atoms with E-state index in [4.69, 9.17) is 28.4 Å². The zero-order valence-corrected chi connectivity index (χ0v) is 15.6. The Hall–Kier alpha value is -2.69. The van der Waals surface area contributed by atoms with Crippen LogP contribution in [0.4, 0.5) is 0 Å². The predicted octanol–water partition coefficient (Wildman–Crippen LogP) is -0.366. The minimum absolute atomic E-state index is 0.445. The summed E-state index contributed by atoms with van der Waals surface area (Å²) in [7, 11) is 0. The standard InChI is InChI=1S/C16H22O11/c1-8(17)22-6-13-16(27-12(5)21,7-23-9(2)18)14(24-10(3)19)15(26-13)25-11(4)20/h13-15H,6-7H2,1-5H3/t13-,14+,15?,16+/m1/s1. The lowest BCUT2D eigenvalue weighted by atomic mass is 9.92. The van der Waals surface area contributed by atoms with E-state index in [2.05, 4.69) is 0 Å². The van der Waals surface area contributed by atoms with Gasteiger partial charge in [0.25, 0.3) is 0 Å². The van der Waals surface area contributed by atoms with Gasteiger partial charge in [-0.3, -0.25) is 24.0 Å². The summed E-state index contributed by atoms with van der Waals surface area (Å²) in [5.74, 6) is -3.77. The lowest BCUT2D eigenvalue weighted by Crippen LogP contribution is -2.58. The van der Waals surface area contributed by atoms with Crippen molar-refractivity contribution in [2.75, 3.05) is 13.2 Å². The van der Waals surface area contributed by atoms with Crippen LogP contribution in [0.5, 0.6) is 0 Å². The van der Waals surface area contributed by atoms with Gasteiger partial charge in [-0.15, -0.1) is 0 Å². The van der Waals surface area contributed by atoms with Crippen LogP contribution < -0.4 is 0 Å². The van der Waals surface area contributed by atoms with E-state index in [0.29, 0.717) is 0 Å². The highest BCUT2D eigenvalue weighted by atomic mass is 16.8. The molecule has 0 aromatic rings. The van der Waals surface area contributed by atoms with Crippen LogP contribution in [-0.2, 0) is 52.4 Å². The van der Waals surface area contributed by atoms with Crippen molar-refractivity contribution >= 4 is 29.8 Å². The van der Waals surface area contributed by atoms with Crippen LogP contribution in [0.15, 0.2) is 0 Å². The van der Waals surface area contributed by atoms with Crippen LogP contribution in [0.1, 0.15) is 34.6 Å². The quantitative estimate of drug-likeness (QED) is 0.415. The largest absolute Gasteiger partial charge is 0.463 e. The third kappa shape index (κ3) is 6.20. The third-order valence-corrected chi connectivity index (χ3v) is 3.42. The van der Waals surface area contributed by atoms with Gasteiger partial charge in [0.1, 0.15) is 19.3 Å². The Morgan fingerprint density at radius 3 is 1.78 bits per heavy atom. The van der Waals surface area contributed by atoms with Gasteiger partial charge in [-0.2, -0.15) is 0 Å². The molecule has 0 N–H and O–H groups in total. The van der Waals surface area contributed by atoms with Gasteiger partial charge in [0, 0.05) is 34.6 Å². The molecule has 0 saturated carbocycles. The zero-order chi connectivity index (χ0) is 20.8. The predicted molar refractivity (Wildman–Crippen MR) is 83.7 cm³/mol. The van der Waals surface area contributed by atoms with Crippen molar-refractivity contribution in [3.63, 3.8) is 0 Å². The van der Waals surface area contributed by atoms with E-state index in [0.717, 1.165) is 34.6 Å². The molecule has 0 amide bonds. The van der Waals surface area contributed by atoms with Crippen LogP contribution in [0.2, 0.25) is 0 Å². The van der Waals surface area contributed by atoms with Gasteiger partial charge >= 0.3 is 29.8 Å². The number of ether oxygens (including phenoxy) is 6. The molecule has 1 aliphatic heterocycles. The van der Waals surface area contributed by atoms with Gasteiger partial charge in [0.2, 0.25) is 18.0 Å².